The Morgan fingerprint density at radius 2 is 2.00 bits per heavy atom. The van der Waals surface area contributed by atoms with Crippen molar-refractivity contribution < 1.29 is 4.74 Å². The zero-order valence-corrected chi connectivity index (χ0v) is 15.3. The molecule has 0 aliphatic rings. The molecule has 0 aliphatic carbocycles. The van der Waals surface area contributed by atoms with Gasteiger partial charge in [-0.1, -0.05) is 11.6 Å². The van der Waals surface area contributed by atoms with Crippen LogP contribution in [0.5, 0.6) is 5.75 Å². The predicted octanol–water partition coefficient (Wildman–Crippen LogP) is 1.93. The molecule has 0 fully saturated rings. The second-order valence-electron chi connectivity index (χ2n) is 5.24. The van der Waals surface area contributed by atoms with E-state index in [1.54, 1.807) is 29.8 Å². The monoisotopic (exact) mass is 412 g/mol. The van der Waals surface area contributed by atoms with E-state index < -0.39 is 5.69 Å². The molecule has 0 radical (unpaired) electrons. The van der Waals surface area contributed by atoms with Crippen molar-refractivity contribution in [1.82, 2.24) is 18.7 Å². The van der Waals surface area contributed by atoms with Gasteiger partial charge in [-0.25, -0.2) is 9.78 Å². The van der Waals surface area contributed by atoms with Crippen molar-refractivity contribution in [1.29, 1.82) is 0 Å². The second kappa shape index (κ2) is 6.45. The third-order valence-corrected chi connectivity index (χ3v) is 4.56. The van der Waals surface area contributed by atoms with Gasteiger partial charge in [0.15, 0.2) is 11.2 Å². The summed E-state index contributed by atoms with van der Waals surface area (Å²) in [5, 5.41) is 0.610. The quantitative estimate of drug-likeness (QED) is 0.655. The van der Waals surface area contributed by atoms with Crippen LogP contribution in [0.4, 0.5) is 0 Å². The summed E-state index contributed by atoms with van der Waals surface area (Å²) in [6.45, 7) is 0.747. The highest BCUT2D eigenvalue weighted by Gasteiger charge is 2.14. The van der Waals surface area contributed by atoms with E-state index in [9.17, 15) is 9.59 Å². The summed E-state index contributed by atoms with van der Waals surface area (Å²) < 4.78 is 10.6. The standard InChI is InChI=1S/C15H14BrClN4O3/c1-19-13-12(14(22)20(2)15(19)23)21(8-18-13)5-6-24-11-4-3-9(17)7-10(11)16/h3-4,7-8H,5-6H2,1-2H3. The minimum atomic E-state index is -0.404. The number of aryl methyl sites for hydroxylation is 1. The van der Waals surface area contributed by atoms with Gasteiger partial charge in [-0.2, -0.15) is 0 Å². The van der Waals surface area contributed by atoms with Crippen LogP contribution >= 0.6 is 27.5 Å². The van der Waals surface area contributed by atoms with Gasteiger partial charge in [0, 0.05) is 19.1 Å². The van der Waals surface area contributed by atoms with Crippen LogP contribution in [0.25, 0.3) is 11.2 Å². The van der Waals surface area contributed by atoms with Gasteiger partial charge in [0.1, 0.15) is 12.4 Å². The number of aromatic nitrogens is 4. The highest BCUT2D eigenvalue weighted by atomic mass is 79.9. The number of hydrogen-bond acceptors (Lipinski definition) is 4. The minimum absolute atomic E-state index is 0.331. The fourth-order valence-corrected chi connectivity index (χ4v) is 3.21. The van der Waals surface area contributed by atoms with Crippen molar-refractivity contribution >= 4 is 38.7 Å². The van der Waals surface area contributed by atoms with Crippen molar-refractivity contribution in [2.24, 2.45) is 14.1 Å². The Balaban J connectivity index is 1.86. The molecule has 0 amide bonds. The number of nitrogens with zero attached hydrogens (tertiary/aromatic N) is 4. The van der Waals surface area contributed by atoms with Crippen molar-refractivity contribution in [2.45, 2.75) is 6.54 Å². The smallest absolute Gasteiger partial charge is 0.332 e. The van der Waals surface area contributed by atoms with E-state index in [1.165, 1.54) is 17.9 Å². The Morgan fingerprint density at radius 3 is 2.71 bits per heavy atom. The largest absolute Gasteiger partial charge is 0.491 e. The number of fused-ring (bicyclic) bond motifs is 1. The van der Waals surface area contributed by atoms with Crippen LogP contribution in [-0.4, -0.2) is 25.3 Å². The van der Waals surface area contributed by atoms with E-state index >= 15 is 0 Å². The van der Waals surface area contributed by atoms with Crippen molar-refractivity contribution in [2.75, 3.05) is 6.61 Å². The zero-order chi connectivity index (χ0) is 17.4. The first-order valence-corrected chi connectivity index (χ1v) is 8.26. The summed E-state index contributed by atoms with van der Waals surface area (Å²) in [5.41, 5.74) is -0.0495. The number of hydrogen-bond donors (Lipinski definition) is 0. The molecule has 1 aromatic carbocycles. The topological polar surface area (TPSA) is 71.0 Å². The molecule has 126 valence electrons. The van der Waals surface area contributed by atoms with Crippen LogP contribution in [0.1, 0.15) is 0 Å². The van der Waals surface area contributed by atoms with Crippen molar-refractivity contribution in [3.05, 3.63) is 54.9 Å². The predicted molar refractivity (Wildman–Crippen MR) is 94.9 cm³/mol. The summed E-state index contributed by atoms with van der Waals surface area (Å²) in [4.78, 5) is 28.4. The number of imidazole rings is 1. The van der Waals surface area contributed by atoms with Crippen LogP contribution in [0.2, 0.25) is 5.02 Å². The number of ether oxygens (including phenoxy) is 1. The fourth-order valence-electron chi connectivity index (χ4n) is 2.41. The molecule has 0 bridgehead atoms. The second-order valence-corrected chi connectivity index (χ2v) is 6.53. The number of rotatable bonds is 4. The first-order chi connectivity index (χ1) is 11.4. The van der Waals surface area contributed by atoms with Crippen LogP contribution < -0.4 is 16.0 Å². The third kappa shape index (κ3) is 2.87. The lowest BCUT2D eigenvalue weighted by atomic mass is 10.3. The molecule has 2 aromatic heterocycles. The summed E-state index contributed by atoms with van der Waals surface area (Å²) in [5.74, 6) is 0.657. The average Bonchev–Trinajstić information content (AvgIpc) is 2.97. The average molecular weight is 414 g/mol. The molecule has 9 heteroatoms. The molecule has 0 unspecified atom stereocenters. The third-order valence-electron chi connectivity index (χ3n) is 3.70. The Bertz CT molecular complexity index is 1040. The van der Waals surface area contributed by atoms with E-state index in [0.29, 0.717) is 35.1 Å². The van der Waals surface area contributed by atoms with Gasteiger partial charge in [-0.15, -0.1) is 0 Å². The number of benzene rings is 1. The maximum Gasteiger partial charge on any atom is 0.332 e. The molecule has 0 saturated carbocycles. The highest BCUT2D eigenvalue weighted by Crippen LogP contribution is 2.27. The van der Waals surface area contributed by atoms with E-state index in [1.807, 2.05) is 0 Å². The highest BCUT2D eigenvalue weighted by molar-refractivity contribution is 9.10. The maximum absolute atomic E-state index is 12.3. The van der Waals surface area contributed by atoms with Crippen molar-refractivity contribution in [3.8, 4) is 5.75 Å². The summed E-state index contributed by atoms with van der Waals surface area (Å²) in [6.07, 6.45) is 1.53. The van der Waals surface area contributed by atoms with Gasteiger partial charge in [-0.05, 0) is 34.1 Å². The SMILES string of the molecule is Cn1c(=O)c2c(ncn2CCOc2ccc(Cl)cc2Br)n(C)c1=O. The Hall–Kier alpha value is -2.06. The Kier molecular flexibility index (Phi) is 4.51. The normalized spacial score (nSPS) is 11.2. The molecule has 24 heavy (non-hydrogen) atoms. The van der Waals surface area contributed by atoms with Gasteiger partial charge >= 0.3 is 5.69 Å². The fraction of sp³-hybridized carbons (Fsp3) is 0.267. The molecule has 7 nitrogen and oxygen atoms in total. The van der Waals surface area contributed by atoms with Crippen molar-refractivity contribution in [3.63, 3.8) is 0 Å². The van der Waals surface area contributed by atoms with Gasteiger partial charge in [0.25, 0.3) is 5.56 Å². The first-order valence-electron chi connectivity index (χ1n) is 7.09. The van der Waals surface area contributed by atoms with Crippen LogP contribution in [0.15, 0.2) is 38.6 Å². The molecule has 2 heterocycles. The van der Waals surface area contributed by atoms with Gasteiger partial charge in [0.05, 0.1) is 17.3 Å². The van der Waals surface area contributed by atoms with E-state index in [2.05, 4.69) is 20.9 Å². The number of halogens is 2. The van der Waals surface area contributed by atoms with Gasteiger partial charge in [0.2, 0.25) is 0 Å². The van der Waals surface area contributed by atoms with E-state index in [0.717, 1.165) is 9.04 Å². The summed E-state index contributed by atoms with van der Waals surface area (Å²) in [7, 11) is 3.03. The Labute approximate surface area is 150 Å². The molecule has 0 saturated heterocycles. The molecular weight excluding hydrogens is 400 g/mol. The lowest BCUT2D eigenvalue weighted by molar-refractivity contribution is 0.298. The summed E-state index contributed by atoms with van der Waals surface area (Å²) >= 11 is 9.28. The maximum atomic E-state index is 12.3. The molecular formula is C15H14BrClN4O3. The molecule has 0 atom stereocenters. The van der Waals surface area contributed by atoms with Crippen LogP contribution in [-0.2, 0) is 20.6 Å². The van der Waals surface area contributed by atoms with Gasteiger partial charge < -0.3 is 9.30 Å². The minimum Gasteiger partial charge on any atom is -0.491 e. The lowest BCUT2D eigenvalue weighted by Gasteiger charge is -2.10. The summed E-state index contributed by atoms with van der Waals surface area (Å²) in [6, 6.07) is 5.25. The van der Waals surface area contributed by atoms with Crippen LogP contribution in [0, 0.1) is 0 Å². The zero-order valence-electron chi connectivity index (χ0n) is 13.0. The van der Waals surface area contributed by atoms with Gasteiger partial charge in [-0.3, -0.25) is 13.9 Å². The first kappa shape index (κ1) is 16.8. The molecule has 3 rings (SSSR count). The van der Waals surface area contributed by atoms with Crippen LogP contribution in [0.3, 0.4) is 0 Å². The Morgan fingerprint density at radius 1 is 1.25 bits per heavy atom. The molecule has 0 aliphatic heterocycles. The molecule has 0 spiro atoms. The lowest BCUT2D eigenvalue weighted by Crippen LogP contribution is -2.37. The molecule has 0 N–H and O–H groups in total. The molecule has 3 aromatic rings. The van der Waals surface area contributed by atoms with E-state index in [-0.39, 0.29) is 5.56 Å². The van der Waals surface area contributed by atoms with E-state index in [4.69, 9.17) is 16.3 Å².